The predicted molar refractivity (Wildman–Crippen MR) is 150 cm³/mol. The number of hydrogen-bond acceptors (Lipinski definition) is 8. The molecule has 0 aliphatic carbocycles. The zero-order valence-corrected chi connectivity index (χ0v) is 23.1. The van der Waals surface area contributed by atoms with Gasteiger partial charge in [-0.3, -0.25) is 20.4 Å². The smallest absolute Gasteiger partial charge is 0.255 e. The maximum atomic E-state index is 13.6. The molecule has 222 valence electrons. The number of para-hydroxylation sites is 1. The molecule has 4 aliphatic rings. The van der Waals surface area contributed by atoms with Crippen molar-refractivity contribution in [1.82, 2.24) is 31.5 Å². The van der Waals surface area contributed by atoms with Crippen molar-refractivity contribution in [3.8, 4) is 11.5 Å². The van der Waals surface area contributed by atoms with Gasteiger partial charge >= 0.3 is 0 Å². The Hall–Kier alpha value is -4.56. The number of amides is 2. The molecule has 2 aromatic carbocycles. The molecular weight excluding hydrogens is 544 g/mol. The fourth-order valence-corrected chi connectivity index (χ4v) is 6.45. The van der Waals surface area contributed by atoms with Crippen LogP contribution in [0.5, 0.6) is 11.5 Å². The Bertz CT molecular complexity index is 1480. The second kappa shape index (κ2) is 9.49. The van der Waals surface area contributed by atoms with Gasteiger partial charge in [0, 0.05) is 24.2 Å². The SMILES string of the molecule is CC1(C)CCOc2c(C(=O)N[C@H]3CN4C(=N)N[C@@H](CNC(=O)c5ccc(O)cc5)[C@@H]5NC(=N)N[C@@]54C3(O)O)cccc21. The minimum absolute atomic E-state index is 0.0179. The van der Waals surface area contributed by atoms with E-state index >= 15 is 0 Å². The van der Waals surface area contributed by atoms with Crippen LogP contribution in [-0.4, -0.2) is 93.2 Å². The van der Waals surface area contributed by atoms with Crippen molar-refractivity contribution < 1.29 is 29.6 Å². The molecule has 3 fully saturated rings. The van der Waals surface area contributed by atoms with Crippen molar-refractivity contribution in [2.24, 2.45) is 0 Å². The molecule has 14 nitrogen and oxygen atoms in total. The Kier molecular flexibility index (Phi) is 6.24. The number of rotatable bonds is 5. The van der Waals surface area contributed by atoms with Gasteiger partial charge in [-0.15, -0.1) is 0 Å². The van der Waals surface area contributed by atoms with E-state index in [0.717, 1.165) is 12.0 Å². The molecule has 4 aliphatic heterocycles. The summed E-state index contributed by atoms with van der Waals surface area (Å²) in [6, 6.07) is 8.06. The molecule has 10 N–H and O–H groups in total. The van der Waals surface area contributed by atoms with Gasteiger partial charge in [-0.1, -0.05) is 26.0 Å². The van der Waals surface area contributed by atoms with Crippen LogP contribution < -0.4 is 31.3 Å². The van der Waals surface area contributed by atoms with E-state index in [1.165, 1.54) is 29.2 Å². The van der Waals surface area contributed by atoms with Gasteiger partial charge in [-0.2, -0.15) is 0 Å². The number of nitrogens with one attached hydrogen (secondary N) is 7. The standard InChI is InChI=1S/C28H34N8O6/c1-26(2)10-11-42-20-16(4-3-5-17(20)26)23(39)33-19-13-36-25(30)32-18(12-31-22(38)14-6-8-15(37)9-7-14)21-27(36,28(19,40)41)35-24(29)34-21/h3-9,18-19,21,37,40-41H,10-13H2,1-2H3,(H2,30,32)(H,31,38)(H,33,39)(H3,29,34,35)/t18-,19-,21-,27-/m0/s1. The number of fused-ring (bicyclic) bond motifs is 1. The summed E-state index contributed by atoms with van der Waals surface area (Å²) in [6.07, 6.45) is 0.791. The number of nitrogens with zero attached hydrogens (tertiary/aromatic N) is 1. The van der Waals surface area contributed by atoms with Crippen molar-refractivity contribution in [2.45, 2.75) is 55.3 Å². The molecule has 1 spiro atoms. The third-order valence-electron chi connectivity index (χ3n) is 8.78. The van der Waals surface area contributed by atoms with Crippen LogP contribution in [0.3, 0.4) is 0 Å². The van der Waals surface area contributed by atoms with Crippen LogP contribution in [0, 0.1) is 10.8 Å². The molecule has 14 heteroatoms. The average molecular weight is 579 g/mol. The molecule has 0 bridgehead atoms. The van der Waals surface area contributed by atoms with Crippen LogP contribution in [0.1, 0.15) is 46.5 Å². The molecule has 2 aromatic rings. The summed E-state index contributed by atoms with van der Waals surface area (Å²) < 4.78 is 5.88. The lowest BCUT2D eigenvalue weighted by Crippen LogP contribution is -2.81. The summed E-state index contributed by atoms with van der Waals surface area (Å²) >= 11 is 0. The van der Waals surface area contributed by atoms with E-state index in [-0.39, 0.29) is 41.7 Å². The molecule has 0 saturated carbocycles. The van der Waals surface area contributed by atoms with Crippen molar-refractivity contribution in [2.75, 3.05) is 19.7 Å². The highest BCUT2D eigenvalue weighted by atomic mass is 16.5. The molecule has 3 saturated heterocycles. The van der Waals surface area contributed by atoms with E-state index in [9.17, 15) is 24.9 Å². The van der Waals surface area contributed by atoms with Gasteiger partial charge < -0.3 is 51.5 Å². The molecule has 0 unspecified atom stereocenters. The summed E-state index contributed by atoms with van der Waals surface area (Å²) in [7, 11) is 0. The molecule has 0 radical (unpaired) electrons. The predicted octanol–water partition coefficient (Wildman–Crippen LogP) is -0.924. The molecule has 4 heterocycles. The fourth-order valence-electron chi connectivity index (χ4n) is 6.45. The molecule has 2 amide bonds. The summed E-state index contributed by atoms with van der Waals surface area (Å²) in [4.78, 5) is 27.7. The number of ether oxygens (including phenoxy) is 1. The first kappa shape index (κ1) is 27.6. The van der Waals surface area contributed by atoms with Gasteiger partial charge in [0.2, 0.25) is 5.79 Å². The van der Waals surface area contributed by atoms with Gasteiger partial charge in [-0.25, -0.2) is 0 Å². The molecule has 42 heavy (non-hydrogen) atoms. The van der Waals surface area contributed by atoms with E-state index in [2.05, 4.69) is 40.4 Å². The molecule has 4 atom stereocenters. The summed E-state index contributed by atoms with van der Waals surface area (Å²) in [5.41, 5.74) is -0.551. The number of carbonyl (C=O) groups excluding carboxylic acids is 2. The van der Waals surface area contributed by atoms with Crippen molar-refractivity contribution >= 4 is 23.7 Å². The number of phenolic OH excluding ortho intramolecular Hbond substituents is 1. The Morgan fingerprint density at radius 2 is 1.83 bits per heavy atom. The van der Waals surface area contributed by atoms with Crippen LogP contribution in [0.2, 0.25) is 0 Å². The first-order valence-corrected chi connectivity index (χ1v) is 13.7. The topological polar surface area (TPSA) is 215 Å². The number of phenols is 1. The van der Waals surface area contributed by atoms with Crippen LogP contribution in [0.4, 0.5) is 0 Å². The fraction of sp³-hybridized carbons (Fsp3) is 0.429. The summed E-state index contributed by atoms with van der Waals surface area (Å²) in [5, 5.41) is 64.1. The van der Waals surface area contributed by atoms with Crippen molar-refractivity contribution in [3.63, 3.8) is 0 Å². The minimum atomic E-state index is -2.66. The lowest BCUT2D eigenvalue weighted by atomic mass is 9.79. The van der Waals surface area contributed by atoms with E-state index in [1.54, 1.807) is 12.1 Å². The maximum absolute atomic E-state index is 13.6. The average Bonchev–Trinajstić information content (AvgIpc) is 3.41. The van der Waals surface area contributed by atoms with E-state index in [1.807, 2.05) is 6.07 Å². The number of aliphatic hydroxyl groups is 2. The van der Waals surface area contributed by atoms with Gasteiger partial charge in [0.15, 0.2) is 17.6 Å². The zero-order chi connectivity index (χ0) is 30.0. The largest absolute Gasteiger partial charge is 0.508 e. The van der Waals surface area contributed by atoms with Crippen molar-refractivity contribution in [1.29, 1.82) is 10.8 Å². The number of hydrogen-bond donors (Lipinski definition) is 10. The zero-order valence-electron chi connectivity index (χ0n) is 23.1. The maximum Gasteiger partial charge on any atom is 0.255 e. The Labute approximate surface area is 241 Å². The van der Waals surface area contributed by atoms with Gasteiger partial charge in [0.25, 0.3) is 11.8 Å². The summed E-state index contributed by atoms with van der Waals surface area (Å²) in [5.74, 6) is -3.56. The normalized spacial score (nSPS) is 28.2. The lowest BCUT2D eigenvalue weighted by Gasteiger charge is -2.51. The lowest BCUT2D eigenvalue weighted by molar-refractivity contribution is -0.232. The quantitative estimate of drug-likeness (QED) is 0.197. The number of guanidine groups is 2. The second-order valence-corrected chi connectivity index (χ2v) is 11.8. The van der Waals surface area contributed by atoms with E-state index in [4.69, 9.17) is 15.6 Å². The highest BCUT2D eigenvalue weighted by molar-refractivity contribution is 5.98. The highest BCUT2D eigenvalue weighted by Crippen LogP contribution is 2.44. The summed E-state index contributed by atoms with van der Waals surface area (Å²) in [6.45, 7) is 4.40. The second-order valence-electron chi connectivity index (χ2n) is 11.8. The van der Waals surface area contributed by atoms with Crippen LogP contribution in [0.15, 0.2) is 42.5 Å². The number of benzene rings is 2. The molecule has 0 aromatic heterocycles. The van der Waals surface area contributed by atoms with Crippen LogP contribution in [-0.2, 0) is 5.41 Å². The van der Waals surface area contributed by atoms with Crippen molar-refractivity contribution in [3.05, 3.63) is 59.2 Å². The van der Waals surface area contributed by atoms with E-state index in [0.29, 0.717) is 17.9 Å². The minimum Gasteiger partial charge on any atom is -0.508 e. The van der Waals surface area contributed by atoms with Crippen LogP contribution in [0.25, 0.3) is 0 Å². The third-order valence-corrected chi connectivity index (χ3v) is 8.78. The van der Waals surface area contributed by atoms with E-state index < -0.39 is 41.4 Å². The number of carbonyl (C=O) groups is 2. The Balaban J connectivity index is 1.25. The molecule has 6 rings (SSSR count). The van der Waals surface area contributed by atoms with Gasteiger partial charge in [-0.05, 0) is 42.2 Å². The van der Waals surface area contributed by atoms with Crippen LogP contribution >= 0.6 is 0 Å². The highest BCUT2D eigenvalue weighted by Gasteiger charge is 2.74. The first-order valence-electron chi connectivity index (χ1n) is 13.7. The Morgan fingerprint density at radius 1 is 1.10 bits per heavy atom. The molecular formula is C28H34N8O6. The number of aromatic hydroxyl groups is 1. The Morgan fingerprint density at radius 3 is 2.57 bits per heavy atom. The van der Waals surface area contributed by atoms with Gasteiger partial charge in [0.05, 0.1) is 24.3 Å². The first-order chi connectivity index (χ1) is 19.8. The monoisotopic (exact) mass is 578 g/mol. The van der Waals surface area contributed by atoms with Gasteiger partial charge in [0.1, 0.15) is 17.5 Å². The third kappa shape index (κ3) is 4.09.